The van der Waals surface area contributed by atoms with Crippen molar-refractivity contribution in [2.24, 2.45) is 14.1 Å². The van der Waals surface area contributed by atoms with Gasteiger partial charge in [-0.05, 0) is 12.1 Å². The number of fused-ring (bicyclic) bond motifs is 1. The number of amides is 1. The number of anilines is 3. The Bertz CT molecular complexity index is 1590. The molecule has 0 aliphatic rings. The highest BCUT2D eigenvalue weighted by molar-refractivity contribution is 6.36. The number of pyridine rings is 3. The number of hydrogen-bond acceptors (Lipinski definition) is 8. The van der Waals surface area contributed by atoms with E-state index < -0.39 is 29.9 Å². The standard InChI is InChI=1S/C23H21ClF4N8O3/c1-35-11-12(23(26,27)28)7-14(21(35)38)32-22-34-20-19(36(22)2)18(24)15(9-31-20)39-13-3-5-30-16(8-13)33-17(37)10-29-6-4-25/h3,5,7-9,11,29H,4,6,10H2,1-2H3,(H,30,33,37)(H,31,32,34). The number of imidazole rings is 1. The van der Waals surface area contributed by atoms with E-state index in [0.717, 1.165) is 4.57 Å². The maximum absolute atomic E-state index is 13.2. The first-order valence-corrected chi connectivity index (χ1v) is 11.6. The molecule has 206 valence electrons. The predicted molar refractivity (Wildman–Crippen MR) is 135 cm³/mol. The van der Waals surface area contributed by atoms with Crippen LogP contribution in [0.25, 0.3) is 11.2 Å². The average molecular weight is 569 g/mol. The van der Waals surface area contributed by atoms with Crippen LogP contribution in [0.4, 0.5) is 35.0 Å². The van der Waals surface area contributed by atoms with E-state index in [1.54, 1.807) is 0 Å². The molecule has 0 unspecified atom stereocenters. The van der Waals surface area contributed by atoms with Crippen LogP contribution in [0.15, 0.2) is 41.6 Å². The first kappa shape index (κ1) is 27.8. The second-order valence-electron chi connectivity index (χ2n) is 8.18. The lowest BCUT2D eigenvalue weighted by Gasteiger charge is -2.12. The van der Waals surface area contributed by atoms with Gasteiger partial charge in [0, 0.05) is 39.1 Å². The normalized spacial score (nSPS) is 11.6. The van der Waals surface area contributed by atoms with Crippen molar-refractivity contribution in [1.29, 1.82) is 0 Å². The molecule has 1 amide bonds. The zero-order valence-electron chi connectivity index (χ0n) is 20.4. The molecule has 11 nitrogen and oxygen atoms in total. The number of carbonyl (C=O) groups is 1. The lowest BCUT2D eigenvalue weighted by molar-refractivity contribution is -0.138. The molecule has 3 N–H and O–H groups in total. The molecule has 0 spiro atoms. The second kappa shape index (κ2) is 11.2. The number of halogens is 5. The quantitative estimate of drug-likeness (QED) is 0.206. The van der Waals surface area contributed by atoms with Crippen molar-refractivity contribution < 1.29 is 27.1 Å². The summed E-state index contributed by atoms with van der Waals surface area (Å²) in [6, 6.07) is 3.65. The van der Waals surface area contributed by atoms with Crippen LogP contribution < -0.4 is 26.2 Å². The predicted octanol–water partition coefficient (Wildman–Crippen LogP) is 3.77. The second-order valence-corrected chi connectivity index (χ2v) is 8.56. The third-order valence-electron chi connectivity index (χ3n) is 5.35. The molecule has 0 atom stereocenters. The van der Waals surface area contributed by atoms with Crippen LogP contribution in [0.3, 0.4) is 0 Å². The monoisotopic (exact) mass is 568 g/mol. The number of nitrogens with zero attached hydrogens (tertiary/aromatic N) is 5. The van der Waals surface area contributed by atoms with Crippen molar-refractivity contribution in [1.82, 2.24) is 29.4 Å². The molecule has 0 bridgehead atoms. The molecular weight excluding hydrogens is 548 g/mol. The Hall–Kier alpha value is -4.24. The Labute approximate surface area is 222 Å². The largest absolute Gasteiger partial charge is 0.454 e. The van der Waals surface area contributed by atoms with E-state index in [-0.39, 0.29) is 58.2 Å². The topological polar surface area (TPSA) is 128 Å². The first-order valence-electron chi connectivity index (χ1n) is 11.2. The summed E-state index contributed by atoms with van der Waals surface area (Å²) >= 11 is 6.56. The number of alkyl halides is 4. The van der Waals surface area contributed by atoms with Crippen LogP contribution in [0, 0.1) is 0 Å². The molecule has 0 saturated heterocycles. The van der Waals surface area contributed by atoms with Crippen LogP contribution in [-0.4, -0.2) is 49.8 Å². The van der Waals surface area contributed by atoms with Crippen LogP contribution in [0.5, 0.6) is 11.5 Å². The minimum absolute atomic E-state index is 0.0169. The van der Waals surface area contributed by atoms with Crippen molar-refractivity contribution in [3.8, 4) is 11.5 Å². The van der Waals surface area contributed by atoms with Gasteiger partial charge in [0.1, 0.15) is 34.5 Å². The molecule has 0 aromatic carbocycles. The molecule has 4 aromatic rings. The van der Waals surface area contributed by atoms with Crippen molar-refractivity contribution in [2.75, 3.05) is 30.4 Å². The molecular formula is C23H21ClF4N8O3. The fraction of sp³-hybridized carbons (Fsp3) is 0.261. The van der Waals surface area contributed by atoms with Gasteiger partial charge in [-0.25, -0.2) is 14.4 Å². The summed E-state index contributed by atoms with van der Waals surface area (Å²) in [6.07, 6.45) is -1.27. The third kappa shape index (κ3) is 6.26. The molecule has 0 aliphatic carbocycles. The summed E-state index contributed by atoms with van der Waals surface area (Å²) in [5.41, 5.74) is -1.63. The van der Waals surface area contributed by atoms with Gasteiger partial charge < -0.3 is 29.8 Å². The van der Waals surface area contributed by atoms with Crippen LogP contribution >= 0.6 is 11.6 Å². The highest BCUT2D eigenvalue weighted by atomic mass is 35.5. The number of nitrogens with one attached hydrogen (secondary N) is 3. The van der Waals surface area contributed by atoms with Crippen molar-refractivity contribution in [2.45, 2.75) is 6.18 Å². The Balaban J connectivity index is 1.59. The minimum atomic E-state index is -4.66. The van der Waals surface area contributed by atoms with E-state index in [2.05, 4.69) is 30.9 Å². The zero-order valence-corrected chi connectivity index (χ0v) is 21.2. The number of aromatic nitrogens is 5. The Morgan fingerprint density at radius 1 is 1.21 bits per heavy atom. The Kier molecular flexibility index (Phi) is 8.01. The van der Waals surface area contributed by atoms with Gasteiger partial charge in [0.25, 0.3) is 5.56 Å². The molecule has 39 heavy (non-hydrogen) atoms. The molecule has 0 saturated carbocycles. The smallest absolute Gasteiger partial charge is 0.417 e. The number of aryl methyl sites for hydroxylation is 2. The van der Waals surface area contributed by atoms with Crippen molar-refractivity contribution >= 4 is 46.1 Å². The average Bonchev–Trinajstić information content (AvgIpc) is 3.19. The molecule has 0 aliphatic heterocycles. The summed E-state index contributed by atoms with van der Waals surface area (Å²) in [5, 5.41) is 7.87. The lowest BCUT2D eigenvalue weighted by Crippen LogP contribution is -2.29. The highest BCUT2D eigenvalue weighted by Gasteiger charge is 2.32. The van der Waals surface area contributed by atoms with E-state index in [1.165, 1.54) is 43.2 Å². The number of ether oxygens (including phenoxy) is 1. The van der Waals surface area contributed by atoms with Gasteiger partial charge in [-0.3, -0.25) is 9.59 Å². The summed E-state index contributed by atoms with van der Waals surface area (Å²) in [5.74, 6) is 0.136. The van der Waals surface area contributed by atoms with Gasteiger partial charge in [-0.1, -0.05) is 11.6 Å². The summed E-state index contributed by atoms with van der Waals surface area (Å²) in [4.78, 5) is 36.9. The van der Waals surface area contributed by atoms with E-state index >= 15 is 0 Å². The summed E-state index contributed by atoms with van der Waals surface area (Å²) < 4.78 is 60.0. The summed E-state index contributed by atoms with van der Waals surface area (Å²) in [7, 11) is 2.74. The van der Waals surface area contributed by atoms with Gasteiger partial charge in [-0.2, -0.15) is 18.2 Å². The number of carbonyl (C=O) groups excluding carboxylic acids is 1. The SMILES string of the molecule is Cn1cc(C(F)(F)F)cc(Nc2nc3ncc(Oc4ccnc(NC(=O)CNCCF)c4)c(Cl)c3n2C)c1=O. The van der Waals surface area contributed by atoms with Gasteiger partial charge in [0.05, 0.1) is 18.3 Å². The fourth-order valence-electron chi connectivity index (χ4n) is 3.50. The molecule has 0 radical (unpaired) electrons. The lowest BCUT2D eigenvalue weighted by atomic mass is 10.2. The number of hydrogen-bond donors (Lipinski definition) is 3. The van der Waals surface area contributed by atoms with Crippen LogP contribution in [0.2, 0.25) is 5.02 Å². The first-order chi connectivity index (χ1) is 18.5. The van der Waals surface area contributed by atoms with Crippen LogP contribution in [0.1, 0.15) is 5.56 Å². The van der Waals surface area contributed by atoms with E-state index in [0.29, 0.717) is 12.3 Å². The molecule has 4 heterocycles. The molecule has 0 fully saturated rings. The minimum Gasteiger partial charge on any atom is -0.454 e. The molecule has 4 aromatic heterocycles. The highest BCUT2D eigenvalue weighted by Crippen LogP contribution is 2.36. The maximum atomic E-state index is 13.2. The van der Waals surface area contributed by atoms with Gasteiger partial charge in [0.15, 0.2) is 11.4 Å². The fourth-order valence-corrected chi connectivity index (χ4v) is 3.80. The zero-order chi connectivity index (χ0) is 28.3. The van der Waals surface area contributed by atoms with E-state index in [1.807, 2.05) is 0 Å². The summed E-state index contributed by atoms with van der Waals surface area (Å²) in [6.45, 7) is -0.668. The maximum Gasteiger partial charge on any atom is 0.417 e. The van der Waals surface area contributed by atoms with Crippen molar-refractivity contribution in [3.63, 3.8) is 0 Å². The van der Waals surface area contributed by atoms with Gasteiger partial charge in [0.2, 0.25) is 11.9 Å². The van der Waals surface area contributed by atoms with E-state index in [4.69, 9.17) is 16.3 Å². The molecule has 16 heteroatoms. The van der Waals surface area contributed by atoms with Gasteiger partial charge in [-0.15, -0.1) is 0 Å². The molecule has 4 rings (SSSR count). The van der Waals surface area contributed by atoms with Crippen LogP contribution in [-0.2, 0) is 25.1 Å². The number of rotatable bonds is 9. The Morgan fingerprint density at radius 3 is 2.69 bits per heavy atom. The third-order valence-corrected chi connectivity index (χ3v) is 5.71. The van der Waals surface area contributed by atoms with Crippen molar-refractivity contribution in [3.05, 3.63) is 57.7 Å². The van der Waals surface area contributed by atoms with E-state index in [9.17, 15) is 27.2 Å². The van der Waals surface area contributed by atoms with Gasteiger partial charge >= 0.3 is 6.18 Å². The Morgan fingerprint density at radius 2 is 1.97 bits per heavy atom.